The van der Waals surface area contributed by atoms with E-state index in [-0.39, 0.29) is 23.9 Å². The maximum absolute atomic E-state index is 13.8. The predicted molar refractivity (Wildman–Crippen MR) is 152 cm³/mol. The van der Waals surface area contributed by atoms with E-state index in [0.29, 0.717) is 16.4 Å². The fourth-order valence-corrected chi connectivity index (χ4v) is 6.74. The fraction of sp³-hybridized carbons (Fsp3) is 0.138. The lowest BCUT2D eigenvalue weighted by Crippen LogP contribution is -2.31. The Kier molecular flexibility index (Phi) is 7.22. The van der Waals surface area contributed by atoms with Crippen LogP contribution in [0.25, 0.3) is 10.2 Å². The number of hydrogen-bond acceptors (Lipinski definition) is 6. The summed E-state index contributed by atoms with van der Waals surface area (Å²) in [5, 5.41) is 0.570. The van der Waals surface area contributed by atoms with Gasteiger partial charge in [-0.25, -0.2) is 13.4 Å². The van der Waals surface area contributed by atoms with Crippen molar-refractivity contribution in [1.29, 1.82) is 0 Å². The van der Waals surface area contributed by atoms with Crippen molar-refractivity contribution in [2.45, 2.75) is 25.3 Å². The Morgan fingerprint density at radius 3 is 2.34 bits per heavy atom. The van der Waals surface area contributed by atoms with Crippen LogP contribution in [0.15, 0.2) is 102 Å². The molecule has 0 saturated carbocycles. The number of anilines is 2. The number of benzene rings is 3. The van der Waals surface area contributed by atoms with Gasteiger partial charge in [-0.3, -0.25) is 19.0 Å². The molecular formula is C29H26N4O3S2. The maximum Gasteiger partial charge on any atom is 0.264 e. The van der Waals surface area contributed by atoms with E-state index in [9.17, 15) is 13.2 Å². The standard InChI is InChI=1S/C29H26N4O3S2/c1-3-33(24-11-5-4-6-12-24)38(35,36)25-16-14-23(15-17-25)28(34)32(20-22-10-8-18-30-19-22)29-31-27-21(2)9-7-13-26(27)37-29/h4-19H,3,20H2,1-2H3. The molecule has 0 radical (unpaired) electrons. The van der Waals surface area contributed by atoms with Crippen LogP contribution in [0.1, 0.15) is 28.4 Å². The summed E-state index contributed by atoms with van der Waals surface area (Å²) in [4.78, 5) is 24.5. The number of thiazole rings is 1. The molecule has 0 fully saturated rings. The van der Waals surface area contributed by atoms with Crippen molar-refractivity contribution < 1.29 is 13.2 Å². The molecule has 0 atom stereocenters. The van der Waals surface area contributed by atoms with Gasteiger partial charge in [-0.15, -0.1) is 0 Å². The largest absolute Gasteiger partial charge is 0.279 e. The van der Waals surface area contributed by atoms with Crippen LogP contribution in [0, 0.1) is 6.92 Å². The number of aromatic nitrogens is 2. The van der Waals surface area contributed by atoms with E-state index in [1.165, 1.54) is 27.8 Å². The zero-order chi connectivity index (χ0) is 26.7. The average Bonchev–Trinajstić information content (AvgIpc) is 3.38. The minimum absolute atomic E-state index is 0.120. The number of fused-ring (bicyclic) bond motifs is 1. The lowest BCUT2D eigenvalue weighted by molar-refractivity contribution is 0.0985. The van der Waals surface area contributed by atoms with E-state index in [2.05, 4.69) is 4.98 Å². The van der Waals surface area contributed by atoms with E-state index in [4.69, 9.17) is 4.98 Å². The zero-order valence-electron chi connectivity index (χ0n) is 21.0. The van der Waals surface area contributed by atoms with Crippen molar-refractivity contribution in [3.63, 3.8) is 0 Å². The first-order valence-corrected chi connectivity index (χ1v) is 14.4. The number of carbonyl (C=O) groups excluding carboxylic acids is 1. The highest BCUT2D eigenvalue weighted by Crippen LogP contribution is 2.32. The van der Waals surface area contributed by atoms with Crippen molar-refractivity contribution in [1.82, 2.24) is 9.97 Å². The van der Waals surface area contributed by atoms with Gasteiger partial charge in [0.25, 0.3) is 15.9 Å². The van der Waals surface area contributed by atoms with Crippen LogP contribution in [0.5, 0.6) is 0 Å². The topological polar surface area (TPSA) is 83.5 Å². The number of pyridine rings is 1. The molecule has 192 valence electrons. The number of hydrogen-bond donors (Lipinski definition) is 0. The van der Waals surface area contributed by atoms with E-state index in [1.807, 2.05) is 43.3 Å². The smallest absolute Gasteiger partial charge is 0.264 e. The average molecular weight is 543 g/mol. The molecule has 0 aliphatic rings. The van der Waals surface area contributed by atoms with Crippen LogP contribution < -0.4 is 9.21 Å². The van der Waals surface area contributed by atoms with Gasteiger partial charge in [0.2, 0.25) is 0 Å². The molecule has 3 aromatic carbocycles. The summed E-state index contributed by atoms with van der Waals surface area (Å²) in [6.45, 7) is 4.35. The second-order valence-corrected chi connectivity index (χ2v) is 11.6. The highest BCUT2D eigenvalue weighted by Gasteiger charge is 2.26. The van der Waals surface area contributed by atoms with E-state index in [1.54, 1.807) is 60.6 Å². The highest BCUT2D eigenvalue weighted by atomic mass is 32.2. The molecule has 0 unspecified atom stereocenters. The number of carbonyl (C=O) groups is 1. The number of amides is 1. The Hall–Kier alpha value is -4.08. The Labute approximate surface area is 226 Å². The quantitative estimate of drug-likeness (QED) is 0.238. The molecule has 9 heteroatoms. The molecule has 7 nitrogen and oxygen atoms in total. The van der Waals surface area contributed by atoms with Crippen LogP contribution in [-0.4, -0.2) is 30.8 Å². The van der Waals surface area contributed by atoms with Crippen LogP contribution in [0.4, 0.5) is 10.8 Å². The summed E-state index contributed by atoms with van der Waals surface area (Å²) in [5.41, 5.74) is 3.71. The lowest BCUT2D eigenvalue weighted by Gasteiger charge is -2.23. The first-order chi connectivity index (χ1) is 18.4. The summed E-state index contributed by atoms with van der Waals surface area (Å²) < 4.78 is 29.1. The van der Waals surface area contributed by atoms with Crippen molar-refractivity contribution >= 4 is 48.3 Å². The van der Waals surface area contributed by atoms with Gasteiger partial charge >= 0.3 is 0 Å². The summed E-state index contributed by atoms with van der Waals surface area (Å²) >= 11 is 1.44. The fourth-order valence-electron chi connectivity index (χ4n) is 4.23. The number of para-hydroxylation sites is 2. The van der Waals surface area contributed by atoms with Gasteiger partial charge in [0.15, 0.2) is 5.13 Å². The molecule has 2 heterocycles. The molecule has 0 aliphatic carbocycles. The molecule has 0 N–H and O–H groups in total. The third kappa shape index (κ3) is 5.03. The van der Waals surface area contributed by atoms with Crippen molar-refractivity contribution in [2.75, 3.05) is 15.7 Å². The lowest BCUT2D eigenvalue weighted by atomic mass is 10.2. The van der Waals surface area contributed by atoms with E-state index in [0.717, 1.165) is 21.3 Å². The minimum Gasteiger partial charge on any atom is -0.279 e. The predicted octanol–water partition coefficient (Wildman–Crippen LogP) is 6.06. The van der Waals surface area contributed by atoms with E-state index >= 15 is 0 Å². The summed E-state index contributed by atoms with van der Waals surface area (Å²) in [7, 11) is -3.80. The van der Waals surface area contributed by atoms with Crippen LogP contribution in [0.3, 0.4) is 0 Å². The SMILES string of the molecule is CCN(c1ccccc1)S(=O)(=O)c1ccc(C(=O)N(Cc2cccnc2)c2nc3c(C)cccc3s2)cc1. The summed E-state index contributed by atoms with van der Waals surface area (Å²) in [6.07, 6.45) is 3.41. The maximum atomic E-state index is 13.8. The van der Waals surface area contributed by atoms with Gasteiger partial charge in [0.05, 0.1) is 27.3 Å². The first-order valence-electron chi connectivity index (χ1n) is 12.1. The van der Waals surface area contributed by atoms with Gasteiger partial charge in [-0.2, -0.15) is 0 Å². The van der Waals surface area contributed by atoms with Gasteiger partial charge in [-0.05, 0) is 73.5 Å². The Morgan fingerprint density at radius 1 is 0.921 bits per heavy atom. The van der Waals surface area contributed by atoms with Crippen molar-refractivity contribution in [2.24, 2.45) is 0 Å². The number of aryl methyl sites for hydroxylation is 1. The molecule has 38 heavy (non-hydrogen) atoms. The molecular weight excluding hydrogens is 516 g/mol. The molecule has 5 rings (SSSR count). The molecule has 0 bridgehead atoms. The Morgan fingerprint density at radius 2 is 1.68 bits per heavy atom. The monoisotopic (exact) mass is 542 g/mol. The molecule has 2 aromatic heterocycles. The normalized spacial score (nSPS) is 11.4. The second kappa shape index (κ2) is 10.7. The first kappa shape index (κ1) is 25.6. The van der Waals surface area contributed by atoms with Gasteiger partial charge in [0, 0.05) is 24.5 Å². The van der Waals surface area contributed by atoms with Gasteiger partial charge in [-0.1, -0.05) is 47.7 Å². The number of rotatable bonds is 8. The third-order valence-corrected chi connectivity index (χ3v) is 9.13. The second-order valence-electron chi connectivity index (χ2n) is 8.70. The molecule has 0 spiro atoms. The minimum atomic E-state index is -3.80. The molecule has 5 aromatic rings. The Bertz CT molecular complexity index is 1670. The van der Waals surface area contributed by atoms with E-state index < -0.39 is 10.0 Å². The molecule has 0 aliphatic heterocycles. The van der Waals surface area contributed by atoms with Gasteiger partial charge in [0.1, 0.15) is 0 Å². The van der Waals surface area contributed by atoms with Crippen LogP contribution in [-0.2, 0) is 16.6 Å². The Balaban J connectivity index is 1.49. The highest BCUT2D eigenvalue weighted by molar-refractivity contribution is 7.92. The van der Waals surface area contributed by atoms with Crippen LogP contribution >= 0.6 is 11.3 Å². The zero-order valence-corrected chi connectivity index (χ0v) is 22.6. The summed E-state index contributed by atoms with van der Waals surface area (Å²) in [6, 6.07) is 24.7. The number of nitrogens with zero attached hydrogens (tertiary/aromatic N) is 4. The number of sulfonamides is 1. The van der Waals surface area contributed by atoms with Crippen molar-refractivity contribution in [3.05, 3.63) is 114 Å². The molecule has 0 saturated heterocycles. The summed E-state index contributed by atoms with van der Waals surface area (Å²) in [5.74, 6) is -0.273. The van der Waals surface area contributed by atoms with Gasteiger partial charge < -0.3 is 0 Å². The van der Waals surface area contributed by atoms with Crippen molar-refractivity contribution in [3.8, 4) is 0 Å². The molecule has 1 amide bonds. The van der Waals surface area contributed by atoms with Crippen LogP contribution in [0.2, 0.25) is 0 Å². The third-order valence-electron chi connectivity index (χ3n) is 6.17.